The first-order valence-corrected chi connectivity index (χ1v) is 6.92. The highest BCUT2D eigenvalue weighted by molar-refractivity contribution is 9.10. The van der Waals surface area contributed by atoms with Gasteiger partial charge in [0.2, 0.25) is 0 Å². The molecule has 1 aromatic rings. The number of carbonyl (C=O) groups is 1. The summed E-state index contributed by atoms with van der Waals surface area (Å²) in [7, 11) is 0. The molecule has 0 atom stereocenters. The van der Waals surface area contributed by atoms with Crippen molar-refractivity contribution in [2.45, 2.75) is 26.7 Å². The Balaban J connectivity index is 2.17. The Morgan fingerprint density at radius 3 is 2.53 bits per heavy atom. The Morgan fingerprint density at radius 1 is 1.35 bits per heavy atom. The van der Waals surface area contributed by atoms with E-state index in [1.165, 1.54) is 18.5 Å². The van der Waals surface area contributed by atoms with Crippen molar-refractivity contribution in [1.29, 1.82) is 0 Å². The highest BCUT2D eigenvalue weighted by atomic mass is 79.9. The van der Waals surface area contributed by atoms with E-state index in [2.05, 4.69) is 39.9 Å². The van der Waals surface area contributed by atoms with Crippen molar-refractivity contribution in [3.63, 3.8) is 0 Å². The smallest absolute Gasteiger partial charge is 0.160 e. The molecule has 17 heavy (non-hydrogen) atoms. The lowest BCUT2D eigenvalue weighted by Gasteiger charge is -2.32. The highest BCUT2D eigenvalue weighted by Gasteiger charge is 2.17. The van der Waals surface area contributed by atoms with Crippen LogP contribution in [0, 0.1) is 5.92 Å². The van der Waals surface area contributed by atoms with Crippen molar-refractivity contribution in [2.24, 2.45) is 5.92 Å². The lowest BCUT2D eigenvalue weighted by Crippen LogP contribution is -2.32. The number of hydrogen-bond acceptors (Lipinski definition) is 2. The van der Waals surface area contributed by atoms with Gasteiger partial charge in [0, 0.05) is 28.8 Å². The molecule has 2 nitrogen and oxygen atoms in total. The maximum absolute atomic E-state index is 11.4. The van der Waals surface area contributed by atoms with E-state index in [0.29, 0.717) is 0 Å². The maximum Gasteiger partial charge on any atom is 0.160 e. The predicted octanol–water partition coefficient (Wildman–Crippen LogP) is 3.89. The van der Waals surface area contributed by atoms with E-state index in [4.69, 9.17) is 0 Å². The minimum absolute atomic E-state index is 0.107. The van der Waals surface area contributed by atoms with Crippen molar-refractivity contribution >= 4 is 27.4 Å². The van der Waals surface area contributed by atoms with Crippen molar-refractivity contribution in [1.82, 2.24) is 0 Å². The second-order valence-corrected chi connectivity index (χ2v) is 5.74. The van der Waals surface area contributed by atoms with E-state index in [9.17, 15) is 4.79 Å². The summed E-state index contributed by atoms with van der Waals surface area (Å²) >= 11 is 3.48. The molecule has 0 saturated carbocycles. The second-order valence-electron chi connectivity index (χ2n) is 4.89. The first-order valence-electron chi connectivity index (χ1n) is 6.13. The van der Waals surface area contributed by atoms with Gasteiger partial charge < -0.3 is 4.90 Å². The lowest BCUT2D eigenvalue weighted by atomic mass is 9.98. The molecule has 0 aromatic heterocycles. The molecule has 1 saturated heterocycles. The van der Waals surface area contributed by atoms with Crippen LogP contribution < -0.4 is 4.90 Å². The van der Waals surface area contributed by atoms with E-state index < -0.39 is 0 Å². The van der Waals surface area contributed by atoms with E-state index in [-0.39, 0.29) is 5.78 Å². The van der Waals surface area contributed by atoms with Crippen LogP contribution in [0.3, 0.4) is 0 Å². The number of halogens is 1. The first-order chi connectivity index (χ1) is 8.08. The summed E-state index contributed by atoms with van der Waals surface area (Å²) in [5, 5.41) is 0. The minimum Gasteiger partial charge on any atom is -0.371 e. The molecule has 0 unspecified atom stereocenters. The average Bonchev–Trinajstić information content (AvgIpc) is 2.29. The summed E-state index contributed by atoms with van der Waals surface area (Å²) in [4.78, 5) is 13.8. The predicted molar refractivity (Wildman–Crippen MR) is 74.8 cm³/mol. The number of piperidine rings is 1. The van der Waals surface area contributed by atoms with Gasteiger partial charge in [0.15, 0.2) is 5.78 Å². The van der Waals surface area contributed by atoms with Crippen molar-refractivity contribution in [3.05, 3.63) is 28.2 Å². The fraction of sp³-hybridized carbons (Fsp3) is 0.500. The van der Waals surface area contributed by atoms with Crippen LogP contribution in [0.5, 0.6) is 0 Å². The Hall–Kier alpha value is -0.830. The molecule has 1 aromatic carbocycles. The third-order valence-corrected chi connectivity index (χ3v) is 4.14. The first kappa shape index (κ1) is 12.6. The van der Waals surface area contributed by atoms with E-state index >= 15 is 0 Å². The zero-order valence-corrected chi connectivity index (χ0v) is 12.0. The minimum atomic E-state index is 0.107. The summed E-state index contributed by atoms with van der Waals surface area (Å²) in [6.45, 7) is 6.15. The van der Waals surface area contributed by atoms with Gasteiger partial charge in [0.05, 0.1) is 0 Å². The normalized spacial score (nSPS) is 17.2. The SMILES string of the molecule is CC(=O)c1ccc(N2CCC(C)CC2)cc1Br. The summed E-state index contributed by atoms with van der Waals surface area (Å²) in [6, 6.07) is 6.03. The van der Waals surface area contributed by atoms with Crippen molar-refractivity contribution in [2.75, 3.05) is 18.0 Å². The number of hydrogen-bond donors (Lipinski definition) is 0. The number of Topliss-reactive ketones (excluding diaryl/α,β-unsaturated/α-hetero) is 1. The fourth-order valence-corrected chi connectivity index (χ4v) is 2.90. The van der Waals surface area contributed by atoms with E-state index in [1.807, 2.05) is 6.07 Å². The summed E-state index contributed by atoms with van der Waals surface area (Å²) in [5.74, 6) is 0.946. The number of ketones is 1. The van der Waals surface area contributed by atoms with Gasteiger partial charge >= 0.3 is 0 Å². The van der Waals surface area contributed by atoms with Crippen molar-refractivity contribution in [3.8, 4) is 0 Å². The third kappa shape index (κ3) is 2.89. The molecule has 1 fully saturated rings. The molecule has 1 heterocycles. The molecule has 0 aliphatic carbocycles. The molecule has 0 bridgehead atoms. The van der Waals surface area contributed by atoms with Gasteiger partial charge in [-0.1, -0.05) is 6.92 Å². The van der Waals surface area contributed by atoms with Gasteiger partial charge in [0.25, 0.3) is 0 Å². The summed E-state index contributed by atoms with van der Waals surface area (Å²) in [5.41, 5.74) is 1.98. The zero-order valence-electron chi connectivity index (χ0n) is 10.4. The third-order valence-electron chi connectivity index (χ3n) is 3.48. The van der Waals surface area contributed by atoms with Crippen LogP contribution in [0.2, 0.25) is 0 Å². The standard InChI is InChI=1S/C14H18BrNO/c1-10-5-7-16(8-6-10)12-3-4-13(11(2)17)14(15)9-12/h3-4,9-10H,5-8H2,1-2H3. The Bertz CT molecular complexity index is 422. The quantitative estimate of drug-likeness (QED) is 0.772. The van der Waals surface area contributed by atoms with Crippen LogP contribution in [-0.2, 0) is 0 Å². The number of nitrogens with zero attached hydrogens (tertiary/aromatic N) is 1. The zero-order chi connectivity index (χ0) is 12.4. The van der Waals surface area contributed by atoms with Crippen molar-refractivity contribution < 1.29 is 4.79 Å². The summed E-state index contributed by atoms with van der Waals surface area (Å²) in [6.07, 6.45) is 2.51. The number of anilines is 1. The van der Waals surface area contributed by atoms with E-state index in [1.54, 1.807) is 6.92 Å². The Kier molecular flexibility index (Phi) is 3.87. The molecule has 1 aliphatic rings. The van der Waals surface area contributed by atoms with Crippen LogP contribution in [0.15, 0.2) is 22.7 Å². The molecular formula is C14H18BrNO. The maximum atomic E-state index is 11.4. The van der Waals surface area contributed by atoms with Gasteiger partial charge in [-0.2, -0.15) is 0 Å². The number of carbonyl (C=O) groups excluding carboxylic acids is 1. The monoisotopic (exact) mass is 295 g/mol. The van der Waals surface area contributed by atoms with Crippen LogP contribution in [0.25, 0.3) is 0 Å². The molecule has 2 rings (SSSR count). The molecule has 0 spiro atoms. The van der Waals surface area contributed by atoms with Crippen LogP contribution in [0.1, 0.15) is 37.0 Å². The van der Waals surface area contributed by atoms with Gasteiger partial charge in [-0.3, -0.25) is 4.79 Å². The molecular weight excluding hydrogens is 278 g/mol. The lowest BCUT2D eigenvalue weighted by molar-refractivity contribution is 0.101. The van der Waals surface area contributed by atoms with Gasteiger partial charge in [-0.25, -0.2) is 0 Å². The average molecular weight is 296 g/mol. The molecule has 0 amide bonds. The van der Waals surface area contributed by atoms with E-state index in [0.717, 1.165) is 29.0 Å². The van der Waals surface area contributed by atoms with Gasteiger partial charge in [0.1, 0.15) is 0 Å². The van der Waals surface area contributed by atoms with Gasteiger partial charge in [-0.05, 0) is 59.8 Å². The van der Waals surface area contributed by atoms with Crippen LogP contribution in [0.4, 0.5) is 5.69 Å². The molecule has 1 aliphatic heterocycles. The Morgan fingerprint density at radius 2 is 2.00 bits per heavy atom. The largest absolute Gasteiger partial charge is 0.371 e. The summed E-state index contributed by atoms with van der Waals surface area (Å²) < 4.78 is 0.904. The van der Waals surface area contributed by atoms with Crippen LogP contribution in [-0.4, -0.2) is 18.9 Å². The highest BCUT2D eigenvalue weighted by Crippen LogP contribution is 2.27. The van der Waals surface area contributed by atoms with Gasteiger partial charge in [-0.15, -0.1) is 0 Å². The number of rotatable bonds is 2. The second kappa shape index (κ2) is 5.21. The molecule has 92 valence electrons. The Labute approximate surface area is 111 Å². The molecule has 3 heteroatoms. The molecule has 0 N–H and O–H groups in total. The topological polar surface area (TPSA) is 20.3 Å². The van der Waals surface area contributed by atoms with Crippen LogP contribution >= 0.6 is 15.9 Å². The molecule has 0 radical (unpaired) electrons. The number of benzene rings is 1. The fourth-order valence-electron chi connectivity index (χ4n) is 2.25.